The van der Waals surface area contributed by atoms with Gasteiger partial charge in [0.15, 0.2) is 0 Å². The van der Waals surface area contributed by atoms with Gasteiger partial charge in [0.1, 0.15) is 0 Å². The predicted octanol–water partition coefficient (Wildman–Crippen LogP) is 2.78. The zero-order valence-electron chi connectivity index (χ0n) is 13.3. The third-order valence-corrected chi connectivity index (χ3v) is 3.76. The summed E-state index contributed by atoms with van der Waals surface area (Å²) in [6.07, 6.45) is 2.35. The SMILES string of the molecule is CCCc1ccc(-c2ccc(-c3cc[c-]cc3)cc2)cc1.[Li+]. The second-order valence-corrected chi connectivity index (χ2v) is 5.31. The molecule has 0 radical (unpaired) electrons. The van der Waals surface area contributed by atoms with E-state index in [0.717, 1.165) is 6.42 Å². The molecular formula is C21H19Li. The number of hydrogen-bond acceptors (Lipinski definition) is 0. The summed E-state index contributed by atoms with van der Waals surface area (Å²) in [6.45, 7) is 2.22. The molecule has 104 valence electrons. The predicted molar refractivity (Wildman–Crippen MR) is 90.1 cm³/mol. The average molecular weight is 278 g/mol. The van der Waals surface area contributed by atoms with E-state index in [4.69, 9.17) is 0 Å². The van der Waals surface area contributed by atoms with Crippen molar-refractivity contribution in [1.82, 2.24) is 0 Å². The summed E-state index contributed by atoms with van der Waals surface area (Å²) in [5, 5.41) is 0. The van der Waals surface area contributed by atoms with Gasteiger partial charge >= 0.3 is 18.9 Å². The first-order chi connectivity index (χ1) is 10.4. The molecule has 0 saturated carbocycles. The normalized spacial score (nSPS) is 10.0. The van der Waals surface area contributed by atoms with Crippen molar-refractivity contribution in [1.29, 1.82) is 0 Å². The first kappa shape index (κ1) is 16.6. The van der Waals surface area contributed by atoms with Crippen LogP contribution >= 0.6 is 0 Å². The zero-order valence-corrected chi connectivity index (χ0v) is 13.3. The standard InChI is InChI=1S/C21H19.Li/c1-2-6-17-9-11-19(12-10-17)21-15-13-20(14-16-21)18-7-4-3-5-8-18;/h4-5,7-16H,2,6H2,1H3;/q-1;+1. The largest absolute Gasteiger partial charge is 1.00 e. The third-order valence-electron chi connectivity index (χ3n) is 3.76. The molecule has 0 atom stereocenters. The van der Waals surface area contributed by atoms with Crippen LogP contribution < -0.4 is 18.9 Å². The molecule has 0 fully saturated rings. The molecule has 0 nitrogen and oxygen atoms in total. The van der Waals surface area contributed by atoms with Crippen LogP contribution in [0.5, 0.6) is 0 Å². The van der Waals surface area contributed by atoms with Gasteiger partial charge in [-0.25, -0.2) is 0 Å². The smallest absolute Gasteiger partial charge is 0.184 e. The summed E-state index contributed by atoms with van der Waals surface area (Å²) in [6, 6.07) is 28.8. The minimum Gasteiger partial charge on any atom is -0.184 e. The maximum Gasteiger partial charge on any atom is 1.00 e. The molecule has 0 amide bonds. The monoisotopic (exact) mass is 278 g/mol. The van der Waals surface area contributed by atoms with Crippen LogP contribution in [0.1, 0.15) is 18.9 Å². The average Bonchev–Trinajstić information content (AvgIpc) is 2.57. The molecule has 0 unspecified atom stereocenters. The Kier molecular flexibility index (Phi) is 6.08. The van der Waals surface area contributed by atoms with Gasteiger partial charge in [-0.15, -0.1) is 5.56 Å². The van der Waals surface area contributed by atoms with Crippen molar-refractivity contribution in [3.8, 4) is 22.3 Å². The maximum absolute atomic E-state index is 3.06. The third kappa shape index (κ3) is 3.92. The summed E-state index contributed by atoms with van der Waals surface area (Å²) in [7, 11) is 0. The Hall–Kier alpha value is -1.74. The molecule has 0 aliphatic heterocycles. The fourth-order valence-corrected chi connectivity index (χ4v) is 2.59. The quantitative estimate of drug-likeness (QED) is 0.508. The van der Waals surface area contributed by atoms with E-state index in [2.05, 4.69) is 73.7 Å². The van der Waals surface area contributed by atoms with Crippen molar-refractivity contribution < 1.29 is 18.9 Å². The van der Waals surface area contributed by atoms with Crippen LogP contribution in [0.4, 0.5) is 0 Å². The van der Waals surface area contributed by atoms with Gasteiger partial charge in [-0.2, -0.15) is 30.3 Å². The molecule has 3 rings (SSSR count). The van der Waals surface area contributed by atoms with E-state index in [1.54, 1.807) is 0 Å². The van der Waals surface area contributed by atoms with Crippen LogP contribution in [-0.2, 0) is 6.42 Å². The molecule has 1 heteroatoms. The van der Waals surface area contributed by atoms with Crippen LogP contribution in [0.3, 0.4) is 0 Å². The van der Waals surface area contributed by atoms with Gasteiger partial charge in [0.05, 0.1) is 0 Å². The molecule has 0 saturated heterocycles. The summed E-state index contributed by atoms with van der Waals surface area (Å²) >= 11 is 0. The van der Waals surface area contributed by atoms with Crippen molar-refractivity contribution in [3.05, 3.63) is 84.4 Å². The van der Waals surface area contributed by atoms with Gasteiger partial charge in [-0.05, 0) is 28.7 Å². The molecule has 0 aliphatic rings. The number of rotatable bonds is 4. The van der Waals surface area contributed by atoms with Gasteiger partial charge < -0.3 is 0 Å². The molecule has 0 bridgehead atoms. The Morgan fingerprint density at radius 3 is 1.50 bits per heavy atom. The van der Waals surface area contributed by atoms with Crippen molar-refractivity contribution in [2.45, 2.75) is 19.8 Å². The Morgan fingerprint density at radius 2 is 1.05 bits per heavy atom. The van der Waals surface area contributed by atoms with E-state index in [1.165, 1.54) is 34.2 Å². The van der Waals surface area contributed by atoms with Crippen LogP contribution in [0.2, 0.25) is 0 Å². The second-order valence-electron chi connectivity index (χ2n) is 5.31. The van der Waals surface area contributed by atoms with Crippen molar-refractivity contribution in [3.63, 3.8) is 0 Å². The molecule has 3 aromatic carbocycles. The maximum atomic E-state index is 3.06. The van der Waals surface area contributed by atoms with E-state index in [0.29, 0.717) is 0 Å². The molecule has 0 aromatic heterocycles. The molecule has 3 aromatic rings. The van der Waals surface area contributed by atoms with E-state index in [9.17, 15) is 0 Å². The van der Waals surface area contributed by atoms with Gasteiger partial charge in [-0.1, -0.05) is 61.9 Å². The van der Waals surface area contributed by atoms with Crippen LogP contribution in [0, 0.1) is 6.07 Å². The van der Waals surface area contributed by atoms with E-state index in [-0.39, 0.29) is 18.9 Å². The summed E-state index contributed by atoms with van der Waals surface area (Å²) < 4.78 is 0. The van der Waals surface area contributed by atoms with E-state index < -0.39 is 0 Å². The van der Waals surface area contributed by atoms with Crippen LogP contribution in [0.15, 0.2) is 72.8 Å². The van der Waals surface area contributed by atoms with Crippen molar-refractivity contribution in [2.24, 2.45) is 0 Å². The topological polar surface area (TPSA) is 0 Å². The summed E-state index contributed by atoms with van der Waals surface area (Å²) in [5.74, 6) is 0. The fraction of sp³-hybridized carbons (Fsp3) is 0.143. The van der Waals surface area contributed by atoms with Gasteiger partial charge in [0.2, 0.25) is 0 Å². The molecule has 22 heavy (non-hydrogen) atoms. The molecule has 0 aliphatic carbocycles. The Bertz CT molecular complexity index is 682. The van der Waals surface area contributed by atoms with Crippen LogP contribution in [0.25, 0.3) is 22.3 Å². The minimum atomic E-state index is 0. The minimum absolute atomic E-state index is 0. The second kappa shape index (κ2) is 8.04. The van der Waals surface area contributed by atoms with Gasteiger partial charge in [0, 0.05) is 0 Å². The Balaban J connectivity index is 0.00000176. The van der Waals surface area contributed by atoms with E-state index >= 15 is 0 Å². The van der Waals surface area contributed by atoms with Gasteiger partial charge in [-0.3, -0.25) is 0 Å². The first-order valence-corrected chi connectivity index (χ1v) is 7.52. The Labute approximate surface area is 145 Å². The number of hydrogen-bond donors (Lipinski definition) is 0. The van der Waals surface area contributed by atoms with Crippen molar-refractivity contribution in [2.75, 3.05) is 0 Å². The number of aryl methyl sites for hydroxylation is 1. The van der Waals surface area contributed by atoms with Gasteiger partial charge in [0.25, 0.3) is 0 Å². The fourth-order valence-electron chi connectivity index (χ4n) is 2.59. The summed E-state index contributed by atoms with van der Waals surface area (Å²) in [4.78, 5) is 0. The molecule has 0 spiro atoms. The molecule has 0 heterocycles. The zero-order chi connectivity index (χ0) is 14.5. The number of benzene rings is 3. The first-order valence-electron chi connectivity index (χ1n) is 7.52. The van der Waals surface area contributed by atoms with Crippen molar-refractivity contribution >= 4 is 0 Å². The Morgan fingerprint density at radius 1 is 0.636 bits per heavy atom. The summed E-state index contributed by atoms with van der Waals surface area (Å²) in [5.41, 5.74) is 6.44. The van der Waals surface area contributed by atoms with E-state index in [1.807, 2.05) is 12.1 Å². The molecule has 0 N–H and O–H groups in total. The molecular weight excluding hydrogens is 259 g/mol. The van der Waals surface area contributed by atoms with Crippen LogP contribution in [-0.4, -0.2) is 0 Å².